The summed E-state index contributed by atoms with van der Waals surface area (Å²) in [4.78, 5) is 12.3. The second kappa shape index (κ2) is 8.54. The number of ether oxygens (including phenoxy) is 2. The third-order valence-electron chi connectivity index (χ3n) is 3.81. The number of carbonyl (C=O) groups excluding carboxylic acids is 1. The Bertz CT molecular complexity index is 944. The number of methoxy groups -OCH3 is 2. The Morgan fingerprint density at radius 1 is 1.19 bits per heavy atom. The van der Waals surface area contributed by atoms with E-state index in [1.165, 1.54) is 16.4 Å². The molecule has 0 aliphatic rings. The zero-order valence-corrected chi connectivity index (χ0v) is 16.0. The van der Waals surface area contributed by atoms with Crippen molar-refractivity contribution in [3.63, 3.8) is 0 Å². The minimum atomic E-state index is -0.134. The molecule has 1 aromatic heterocycles. The number of benzene rings is 2. The number of aryl methyl sites for hydroxylation is 1. The molecule has 27 heavy (non-hydrogen) atoms. The zero-order valence-electron chi connectivity index (χ0n) is 15.2. The Hall–Kier alpha value is -3.07. The van der Waals surface area contributed by atoms with Crippen LogP contribution in [0.2, 0.25) is 0 Å². The average molecular weight is 385 g/mol. The van der Waals surface area contributed by atoms with E-state index in [0.29, 0.717) is 22.3 Å². The predicted octanol–water partition coefficient (Wildman–Crippen LogP) is 2.72. The highest BCUT2D eigenvalue weighted by atomic mass is 32.2. The minimum Gasteiger partial charge on any atom is -0.497 e. The maximum atomic E-state index is 12.3. The Labute approximate surface area is 160 Å². The fourth-order valence-electron chi connectivity index (χ4n) is 2.41. The SMILES string of the molecule is COc1ccc(-n2nnnc2SCC(=O)Nc2ccccc2C)c(OC)c1. The summed E-state index contributed by atoms with van der Waals surface area (Å²) in [5.74, 6) is 1.27. The highest BCUT2D eigenvalue weighted by Gasteiger charge is 2.16. The lowest BCUT2D eigenvalue weighted by atomic mass is 10.2. The summed E-state index contributed by atoms with van der Waals surface area (Å²) in [6, 6.07) is 13.0. The lowest BCUT2D eigenvalue weighted by Gasteiger charge is -2.11. The molecule has 9 heteroatoms. The molecule has 1 heterocycles. The number of rotatable bonds is 7. The summed E-state index contributed by atoms with van der Waals surface area (Å²) in [6.07, 6.45) is 0. The number of thioether (sulfide) groups is 1. The van der Waals surface area contributed by atoms with Crippen LogP contribution in [0.5, 0.6) is 11.5 Å². The van der Waals surface area contributed by atoms with Gasteiger partial charge in [0.05, 0.1) is 20.0 Å². The number of amides is 1. The molecule has 0 saturated carbocycles. The molecule has 140 valence electrons. The number of carbonyl (C=O) groups is 1. The second-order valence-corrected chi connectivity index (χ2v) is 6.51. The van der Waals surface area contributed by atoms with Gasteiger partial charge in [0.25, 0.3) is 0 Å². The van der Waals surface area contributed by atoms with E-state index in [1.807, 2.05) is 31.2 Å². The number of para-hydroxylation sites is 1. The second-order valence-electron chi connectivity index (χ2n) is 5.56. The van der Waals surface area contributed by atoms with Gasteiger partial charge in [-0.05, 0) is 41.1 Å². The summed E-state index contributed by atoms with van der Waals surface area (Å²) in [6.45, 7) is 1.94. The van der Waals surface area contributed by atoms with Gasteiger partial charge in [0.15, 0.2) is 0 Å². The monoisotopic (exact) mass is 385 g/mol. The van der Waals surface area contributed by atoms with Gasteiger partial charge >= 0.3 is 0 Å². The number of aromatic nitrogens is 4. The fraction of sp³-hybridized carbons (Fsp3) is 0.222. The zero-order chi connectivity index (χ0) is 19.2. The van der Waals surface area contributed by atoms with Crippen molar-refractivity contribution < 1.29 is 14.3 Å². The summed E-state index contributed by atoms with van der Waals surface area (Å²) in [7, 11) is 3.14. The van der Waals surface area contributed by atoms with Crippen LogP contribution in [0, 0.1) is 6.92 Å². The van der Waals surface area contributed by atoms with Crippen molar-refractivity contribution in [3.8, 4) is 17.2 Å². The summed E-state index contributed by atoms with van der Waals surface area (Å²) in [5, 5.41) is 15.1. The molecule has 1 N–H and O–H groups in total. The lowest BCUT2D eigenvalue weighted by Crippen LogP contribution is -2.15. The Balaban J connectivity index is 1.72. The van der Waals surface area contributed by atoms with Crippen LogP contribution in [0.1, 0.15) is 5.56 Å². The van der Waals surface area contributed by atoms with Crippen molar-refractivity contribution in [2.75, 3.05) is 25.3 Å². The van der Waals surface area contributed by atoms with Crippen molar-refractivity contribution in [2.45, 2.75) is 12.1 Å². The van der Waals surface area contributed by atoms with Crippen LogP contribution in [0.15, 0.2) is 47.6 Å². The van der Waals surface area contributed by atoms with Crippen LogP contribution in [0.25, 0.3) is 5.69 Å². The molecule has 0 fully saturated rings. The first-order valence-electron chi connectivity index (χ1n) is 8.11. The minimum absolute atomic E-state index is 0.134. The van der Waals surface area contributed by atoms with Crippen molar-refractivity contribution in [2.24, 2.45) is 0 Å². The first-order chi connectivity index (χ1) is 13.1. The molecule has 3 aromatic rings. The van der Waals surface area contributed by atoms with E-state index in [4.69, 9.17) is 9.47 Å². The molecule has 0 aliphatic carbocycles. The van der Waals surface area contributed by atoms with Crippen LogP contribution >= 0.6 is 11.8 Å². The van der Waals surface area contributed by atoms with Gasteiger partial charge in [-0.25, -0.2) is 0 Å². The quantitative estimate of drug-likeness (QED) is 0.625. The molecular formula is C18H19N5O3S. The number of nitrogens with zero attached hydrogens (tertiary/aromatic N) is 4. The van der Waals surface area contributed by atoms with Crippen LogP contribution in [0.3, 0.4) is 0 Å². The standard InChI is InChI=1S/C18H19N5O3S/c1-12-6-4-5-7-14(12)19-17(24)11-27-18-20-21-22-23(18)15-9-8-13(25-2)10-16(15)26-3/h4-10H,11H2,1-3H3,(H,19,24). The highest BCUT2D eigenvalue weighted by Crippen LogP contribution is 2.29. The molecule has 0 saturated heterocycles. The fourth-order valence-corrected chi connectivity index (χ4v) is 3.09. The van der Waals surface area contributed by atoms with Gasteiger partial charge in [-0.15, -0.1) is 5.10 Å². The largest absolute Gasteiger partial charge is 0.497 e. The summed E-state index contributed by atoms with van der Waals surface area (Å²) < 4.78 is 12.1. The van der Waals surface area contributed by atoms with Gasteiger partial charge < -0.3 is 14.8 Å². The molecule has 0 atom stereocenters. The third-order valence-corrected chi connectivity index (χ3v) is 4.73. The van der Waals surface area contributed by atoms with Crippen LogP contribution in [0.4, 0.5) is 5.69 Å². The predicted molar refractivity (Wildman–Crippen MR) is 103 cm³/mol. The Morgan fingerprint density at radius 3 is 2.74 bits per heavy atom. The van der Waals surface area contributed by atoms with Gasteiger partial charge in [0, 0.05) is 11.8 Å². The molecule has 3 rings (SSSR count). The van der Waals surface area contributed by atoms with E-state index < -0.39 is 0 Å². The maximum Gasteiger partial charge on any atom is 0.234 e. The highest BCUT2D eigenvalue weighted by molar-refractivity contribution is 7.99. The molecule has 0 radical (unpaired) electrons. The van der Waals surface area contributed by atoms with Gasteiger partial charge in [-0.3, -0.25) is 4.79 Å². The normalized spacial score (nSPS) is 10.5. The molecular weight excluding hydrogens is 366 g/mol. The number of tetrazole rings is 1. The molecule has 8 nitrogen and oxygen atoms in total. The first-order valence-corrected chi connectivity index (χ1v) is 9.10. The van der Waals surface area contributed by atoms with Crippen molar-refractivity contribution in [1.29, 1.82) is 0 Å². The summed E-state index contributed by atoms with van der Waals surface area (Å²) in [5.41, 5.74) is 2.45. The molecule has 1 amide bonds. The smallest absolute Gasteiger partial charge is 0.234 e. The van der Waals surface area contributed by atoms with Crippen LogP contribution < -0.4 is 14.8 Å². The van der Waals surface area contributed by atoms with Gasteiger partial charge in [0.2, 0.25) is 11.1 Å². The van der Waals surface area contributed by atoms with Gasteiger partial charge in [-0.1, -0.05) is 30.0 Å². The van der Waals surface area contributed by atoms with E-state index in [9.17, 15) is 4.79 Å². The molecule has 2 aromatic carbocycles. The lowest BCUT2D eigenvalue weighted by molar-refractivity contribution is -0.113. The Morgan fingerprint density at radius 2 is 2.00 bits per heavy atom. The molecule has 0 bridgehead atoms. The third kappa shape index (κ3) is 4.37. The van der Waals surface area contributed by atoms with Crippen molar-refractivity contribution in [3.05, 3.63) is 48.0 Å². The number of hydrogen-bond acceptors (Lipinski definition) is 7. The average Bonchev–Trinajstić information content (AvgIpc) is 3.16. The van der Waals surface area contributed by atoms with E-state index >= 15 is 0 Å². The van der Waals surface area contributed by atoms with Crippen LogP contribution in [-0.2, 0) is 4.79 Å². The van der Waals surface area contributed by atoms with E-state index in [1.54, 1.807) is 32.4 Å². The number of nitrogens with one attached hydrogen (secondary N) is 1. The van der Waals surface area contributed by atoms with Crippen molar-refractivity contribution >= 4 is 23.4 Å². The maximum absolute atomic E-state index is 12.3. The Kier molecular flexibility index (Phi) is 5.92. The van der Waals surface area contributed by atoms with Gasteiger partial charge in [-0.2, -0.15) is 4.68 Å². The molecule has 0 unspecified atom stereocenters. The van der Waals surface area contributed by atoms with Gasteiger partial charge in [0.1, 0.15) is 17.2 Å². The van der Waals surface area contributed by atoms with E-state index in [2.05, 4.69) is 20.8 Å². The molecule has 0 spiro atoms. The van der Waals surface area contributed by atoms with Crippen molar-refractivity contribution in [1.82, 2.24) is 20.2 Å². The summed E-state index contributed by atoms with van der Waals surface area (Å²) >= 11 is 1.24. The van der Waals surface area contributed by atoms with E-state index in [0.717, 1.165) is 11.3 Å². The van der Waals surface area contributed by atoms with E-state index in [-0.39, 0.29) is 11.7 Å². The first kappa shape index (κ1) is 18.7. The number of anilines is 1. The molecule has 0 aliphatic heterocycles. The topological polar surface area (TPSA) is 91.2 Å². The van der Waals surface area contributed by atoms with Crippen LogP contribution in [-0.4, -0.2) is 46.1 Å². The number of hydrogen-bond donors (Lipinski definition) is 1.